The Morgan fingerprint density at radius 1 is 1.33 bits per heavy atom. The Balaban J connectivity index is 2.19. The molecule has 2 aromatic rings. The van der Waals surface area contributed by atoms with E-state index >= 15 is 0 Å². The van der Waals surface area contributed by atoms with Crippen LogP contribution in [0.1, 0.15) is 44.8 Å². The summed E-state index contributed by atoms with van der Waals surface area (Å²) in [5.41, 5.74) is 1.11. The largest absolute Gasteiger partial charge is 0.344 e. The average Bonchev–Trinajstić information content (AvgIpc) is 2.83. The third-order valence-electron chi connectivity index (χ3n) is 3.44. The first-order valence-corrected chi connectivity index (χ1v) is 8.00. The van der Waals surface area contributed by atoms with Gasteiger partial charge < -0.3 is 5.32 Å². The summed E-state index contributed by atoms with van der Waals surface area (Å²) in [5, 5.41) is 10.6. The number of H-pyrrole nitrogens is 1. The monoisotopic (exact) mass is 306 g/mol. The van der Waals surface area contributed by atoms with E-state index in [1.807, 2.05) is 20.9 Å². The fourth-order valence-corrected chi connectivity index (χ4v) is 3.26. The second kappa shape index (κ2) is 6.95. The molecule has 0 bridgehead atoms. The molecular weight excluding hydrogens is 284 g/mol. The Labute approximate surface area is 129 Å². The number of benzene rings is 1. The predicted molar refractivity (Wildman–Crippen MR) is 85.9 cm³/mol. The first-order chi connectivity index (χ1) is 10.1. The standard InChI is InChI=1S/C15H22N4OS/c1-5-13(16-4)11-6-8-12(9-7-11)21-15-18-17-14(20)19(15)10(2)3/h6-10,13,16H,5H2,1-4H3,(H,17,20). The van der Waals surface area contributed by atoms with Crippen LogP contribution in [0.25, 0.3) is 0 Å². The van der Waals surface area contributed by atoms with Gasteiger partial charge >= 0.3 is 5.69 Å². The number of hydrogen-bond donors (Lipinski definition) is 2. The van der Waals surface area contributed by atoms with Crippen molar-refractivity contribution in [1.29, 1.82) is 0 Å². The van der Waals surface area contributed by atoms with E-state index in [1.54, 1.807) is 4.57 Å². The van der Waals surface area contributed by atoms with Crippen LogP contribution < -0.4 is 11.0 Å². The molecule has 1 atom stereocenters. The summed E-state index contributed by atoms with van der Waals surface area (Å²) >= 11 is 1.50. The highest BCUT2D eigenvalue weighted by Crippen LogP contribution is 2.28. The van der Waals surface area contributed by atoms with Gasteiger partial charge in [0.15, 0.2) is 5.16 Å². The van der Waals surface area contributed by atoms with E-state index < -0.39 is 0 Å². The number of rotatable bonds is 6. The van der Waals surface area contributed by atoms with Crippen LogP contribution in [-0.2, 0) is 0 Å². The van der Waals surface area contributed by atoms with E-state index in [-0.39, 0.29) is 11.7 Å². The lowest BCUT2D eigenvalue weighted by Gasteiger charge is -2.14. The molecule has 6 heteroatoms. The molecule has 0 aliphatic carbocycles. The van der Waals surface area contributed by atoms with Crippen LogP contribution in [0.5, 0.6) is 0 Å². The van der Waals surface area contributed by atoms with Crippen LogP contribution in [-0.4, -0.2) is 21.8 Å². The number of aromatic amines is 1. The Hall–Kier alpha value is -1.53. The van der Waals surface area contributed by atoms with Crippen molar-refractivity contribution in [3.8, 4) is 0 Å². The fourth-order valence-electron chi connectivity index (χ4n) is 2.30. The first-order valence-electron chi connectivity index (χ1n) is 7.18. The first kappa shape index (κ1) is 15.9. The molecule has 0 aliphatic heterocycles. The van der Waals surface area contributed by atoms with Crippen molar-refractivity contribution in [2.75, 3.05) is 7.05 Å². The highest BCUT2D eigenvalue weighted by atomic mass is 32.2. The van der Waals surface area contributed by atoms with Crippen molar-refractivity contribution in [2.45, 2.75) is 49.3 Å². The molecule has 21 heavy (non-hydrogen) atoms. The quantitative estimate of drug-likeness (QED) is 0.861. The van der Waals surface area contributed by atoms with Crippen molar-refractivity contribution in [2.24, 2.45) is 0 Å². The van der Waals surface area contributed by atoms with Crippen LogP contribution in [0.4, 0.5) is 0 Å². The van der Waals surface area contributed by atoms with E-state index in [0.717, 1.165) is 11.3 Å². The Kier molecular flexibility index (Phi) is 5.25. The second-order valence-electron chi connectivity index (χ2n) is 5.20. The average molecular weight is 306 g/mol. The minimum atomic E-state index is -0.162. The third-order valence-corrected chi connectivity index (χ3v) is 4.42. The second-order valence-corrected chi connectivity index (χ2v) is 6.24. The van der Waals surface area contributed by atoms with Crippen molar-refractivity contribution in [3.05, 3.63) is 40.3 Å². The van der Waals surface area contributed by atoms with Crippen LogP contribution in [0.15, 0.2) is 39.1 Å². The van der Waals surface area contributed by atoms with Gasteiger partial charge in [0.2, 0.25) is 0 Å². The summed E-state index contributed by atoms with van der Waals surface area (Å²) in [6.45, 7) is 6.11. The van der Waals surface area contributed by atoms with E-state index in [9.17, 15) is 4.79 Å². The van der Waals surface area contributed by atoms with Crippen molar-refractivity contribution < 1.29 is 0 Å². The molecule has 0 spiro atoms. The summed E-state index contributed by atoms with van der Waals surface area (Å²) in [5.74, 6) is 0. The fraction of sp³-hybridized carbons (Fsp3) is 0.467. The molecule has 2 rings (SSSR count). The van der Waals surface area contributed by atoms with Crippen LogP contribution in [0.3, 0.4) is 0 Å². The third kappa shape index (κ3) is 3.57. The molecule has 1 unspecified atom stereocenters. The zero-order valence-corrected chi connectivity index (χ0v) is 13.7. The Morgan fingerprint density at radius 3 is 2.52 bits per heavy atom. The number of nitrogens with zero attached hydrogens (tertiary/aromatic N) is 2. The Morgan fingerprint density at radius 2 is 2.00 bits per heavy atom. The zero-order valence-electron chi connectivity index (χ0n) is 12.9. The molecule has 0 amide bonds. The van der Waals surface area contributed by atoms with E-state index in [2.05, 4.69) is 46.7 Å². The summed E-state index contributed by atoms with van der Waals surface area (Å²) in [6.07, 6.45) is 1.05. The summed E-state index contributed by atoms with van der Waals surface area (Å²) < 4.78 is 1.67. The normalized spacial score (nSPS) is 12.8. The molecule has 5 nitrogen and oxygen atoms in total. The molecule has 1 aromatic heterocycles. The van der Waals surface area contributed by atoms with Gasteiger partial charge in [-0.2, -0.15) is 0 Å². The van der Waals surface area contributed by atoms with Crippen molar-refractivity contribution >= 4 is 11.8 Å². The molecule has 0 saturated heterocycles. The zero-order chi connectivity index (χ0) is 15.4. The highest BCUT2D eigenvalue weighted by molar-refractivity contribution is 7.99. The lowest BCUT2D eigenvalue weighted by Crippen LogP contribution is -2.19. The molecular formula is C15H22N4OS. The maximum Gasteiger partial charge on any atom is 0.344 e. The maximum atomic E-state index is 11.7. The van der Waals surface area contributed by atoms with Crippen LogP contribution in [0.2, 0.25) is 0 Å². The highest BCUT2D eigenvalue weighted by Gasteiger charge is 2.13. The van der Waals surface area contributed by atoms with Gasteiger partial charge in [-0.3, -0.25) is 4.57 Å². The van der Waals surface area contributed by atoms with E-state index in [1.165, 1.54) is 17.3 Å². The van der Waals surface area contributed by atoms with Gasteiger partial charge in [-0.05, 0) is 56.8 Å². The topological polar surface area (TPSA) is 62.7 Å². The molecule has 0 fully saturated rings. The minimum Gasteiger partial charge on any atom is -0.313 e. The van der Waals surface area contributed by atoms with Crippen LogP contribution in [0, 0.1) is 0 Å². The number of aromatic nitrogens is 3. The van der Waals surface area contributed by atoms with E-state index in [0.29, 0.717) is 11.2 Å². The van der Waals surface area contributed by atoms with Gasteiger partial charge in [0.1, 0.15) is 0 Å². The van der Waals surface area contributed by atoms with Gasteiger partial charge in [-0.25, -0.2) is 9.89 Å². The number of nitrogens with one attached hydrogen (secondary N) is 2. The summed E-state index contributed by atoms with van der Waals surface area (Å²) in [4.78, 5) is 12.8. The summed E-state index contributed by atoms with van der Waals surface area (Å²) in [6, 6.07) is 8.86. The maximum absolute atomic E-state index is 11.7. The van der Waals surface area contributed by atoms with Crippen molar-refractivity contribution in [1.82, 2.24) is 20.1 Å². The van der Waals surface area contributed by atoms with Crippen molar-refractivity contribution in [3.63, 3.8) is 0 Å². The molecule has 114 valence electrons. The smallest absolute Gasteiger partial charge is 0.313 e. The molecule has 1 heterocycles. The SMILES string of the molecule is CCC(NC)c1ccc(Sc2n[nH]c(=O)n2C(C)C)cc1. The molecule has 0 saturated carbocycles. The minimum absolute atomic E-state index is 0.0896. The molecule has 2 N–H and O–H groups in total. The van der Waals surface area contributed by atoms with E-state index in [4.69, 9.17) is 0 Å². The number of hydrogen-bond acceptors (Lipinski definition) is 4. The predicted octanol–water partition coefficient (Wildman–Crippen LogP) is 2.97. The van der Waals surface area contributed by atoms with Gasteiger partial charge in [-0.1, -0.05) is 19.1 Å². The molecule has 0 radical (unpaired) electrons. The lowest BCUT2D eigenvalue weighted by molar-refractivity contribution is 0.534. The summed E-state index contributed by atoms with van der Waals surface area (Å²) in [7, 11) is 1.97. The Bertz CT molecular complexity index is 626. The lowest BCUT2D eigenvalue weighted by atomic mass is 10.1. The van der Waals surface area contributed by atoms with Gasteiger partial charge in [0, 0.05) is 17.0 Å². The van der Waals surface area contributed by atoms with Gasteiger partial charge in [0.05, 0.1) is 0 Å². The molecule has 1 aromatic carbocycles. The van der Waals surface area contributed by atoms with Crippen LogP contribution >= 0.6 is 11.8 Å². The van der Waals surface area contributed by atoms with Gasteiger partial charge in [0.25, 0.3) is 0 Å². The molecule has 0 aliphatic rings. The van der Waals surface area contributed by atoms with Gasteiger partial charge in [-0.15, -0.1) is 5.10 Å².